The largest absolute Gasteiger partial charge is 0.383 e. The first-order valence-electron chi connectivity index (χ1n) is 5.84. The lowest BCUT2D eigenvalue weighted by Crippen LogP contribution is -2.28. The number of benzene rings is 1. The minimum atomic E-state index is -0.897. The first kappa shape index (κ1) is 13.2. The molecule has 0 aliphatic carbocycles. The number of hydrogen-bond acceptors (Lipinski definition) is 2. The molecule has 16 heavy (non-hydrogen) atoms. The van der Waals surface area contributed by atoms with Crippen LogP contribution in [0.15, 0.2) is 18.2 Å². The summed E-state index contributed by atoms with van der Waals surface area (Å²) in [4.78, 5) is 0. The van der Waals surface area contributed by atoms with Crippen molar-refractivity contribution in [3.8, 4) is 0 Å². The van der Waals surface area contributed by atoms with Crippen LogP contribution in [0.25, 0.3) is 0 Å². The molecule has 1 aromatic carbocycles. The van der Waals surface area contributed by atoms with E-state index in [0.29, 0.717) is 13.2 Å². The van der Waals surface area contributed by atoms with Gasteiger partial charge in [0.15, 0.2) is 0 Å². The molecule has 0 saturated carbocycles. The summed E-state index contributed by atoms with van der Waals surface area (Å²) in [6.45, 7) is 8.99. The van der Waals surface area contributed by atoms with Gasteiger partial charge in [-0.2, -0.15) is 0 Å². The summed E-state index contributed by atoms with van der Waals surface area (Å²) in [5, 5.41) is 10.3. The van der Waals surface area contributed by atoms with Gasteiger partial charge in [-0.15, -0.1) is 0 Å². The van der Waals surface area contributed by atoms with Gasteiger partial charge in [0.05, 0.1) is 6.61 Å². The van der Waals surface area contributed by atoms with Gasteiger partial charge < -0.3 is 9.84 Å². The van der Waals surface area contributed by atoms with E-state index in [0.717, 1.165) is 12.0 Å². The summed E-state index contributed by atoms with van der Waals surface area (Å²) in [6.07, 6.45) is 0.975. The molecular formula is C14H22O2. The molecule has 0 saturated heterocycles. The van der Waals surface area contributed by atoms with Crippen molar-refractivity contribution < 1.29 is 9.84 Å². The van der Waals surface area contributed by atoms with Gasteiger partial charge in [0.25, 0.3) is 0 Å². The number of hydrogen-bond donors (Lipinski definition) is 1. The van der Waals surface area contributed by atoms with E-state index >= 15 is 0 Å². The van der Waals surface area contributed by atoms with E-state index in [2.05, 4.69) is 13.0 Å². The van der Waals surface area contributed by atoms with Crippen LogP contribution in [0, 0.1) is 13.8 Å². The molecule has 0 aromatic heterocycles. The first-order valence-corrected chi connectivity index (χ1v) is 5.84. The highest BCUT2D eigenvalue weighted by Crippen LogP contribution is 2.23. The monoisotopic (exact) mass is 222 g/mol. The highest BCUT2D eigenvalue weighted by molar-refractivity contribution is 5.32. The van der Waals surface area contributed by atoms with Crippen molar-refractivity contribution in [1.82, 2.24) is 0 Å². The van der Waals surface area contributed by atoms with Crippen molar-refractivity contribution in [1.29, 1.82) is 0 Å². The van der Waals surface area contributed by atoms with E-state index < -0.39 is 5.60 Å². The zero-order valence-electron chi connectivity index (χ0n) is 10.7. The van der Waals surface area contributed by atoms with Crippen LogP contribution in [-0.2, 0) is 10.3 Å². The Morgan fingerprint density at radius 2 is 1.75 bits per heavy atom. The third kappa shape index (κ3) is 3.62. The second-order valence-corrected chi connectivity index (χ2v) is 4.70. The Morgan fingerprint density at radius 1 is 1.19 bits per heavy atom. The van der Waals surface area contributed by atoms with Crippen LogP contribution >= 0.6 is 0 Å². The third-order valence-corrected chi connectivity index (χ3v) is 2.58. The number of rotatable bonds is 5. The topological polar surface area (TPSA) is 29.5 Å². The van der Waals surface area contributed by atoms with Crippen molar-refractivity contribution in [3.63, 3.8) is 0 Å². The molecule has 1 atom stereocenters. The molecule has 0 amide bonds. The Morgan fingerprint density at radius 3 is 2.25 bits per heavy atom. The molecular weight excluding hydrogens is 200 g/mol. The second-order valence-electron chi connectivity index (χ2n) is 4.70. The van der Waals surface area contributed by atoms with E-state index in [-0.39, 0.29) is 0 Å². The molecule has 0 aliphatic heterocycles. The van der Waals surface area contributed by atoms with E-state index in [1.54, 1.807) is 6.92 Å². The SMILES string of the molecule is CCCOCC(C)(O)c1cc(C)cc(C)c1. The summed E-state index contributed by atoms with van der Waals surface area (Å²) in [7, 11) is 0. The maximum absolute atomic E-state index is 10.3. The van der Waals surface area contributed by atoms with Gasteiger partial charge in [0, 0.05) is 6.61 Å². The number of aryl methyl sites for hydroxylation is 2. The fourth-order valence-electron chi connectivity index (χ4n) is 1.78. The van der Waals surface area contributed by atoms with Crippen LogP contribution in [0.4, 0.5) is 0 Å². The van der Waals surface area contributed by atoms with Crippen LogP contribution in [0.2, 0.25) is 0 Å². The van der Waals surface area contributed by atoms with E-state index in [1.165, 1.54) is 11.1 Å². The smallest absolute Gasteiger partial charge is 0.110 e. The average Bonchev–Trinajstić information content (AvgIpc) is 2.16. The van der Waals surface area contributed by atoms with E-state index in [9.17, 15) is 5.11 Å². The molecule has 1 aromatic rings. The van der Waals surface area contributed by atoms with Gasteiger partial charge in [0.2, 0.25) is 0 Å². The van der Waals surface area contributed by atoms with Crippen molar-refractivity contribution in [3.05, 3.63) is 34.9 Å². The summed E-state index contributed by atoms with van der Waals surface area (Å²) in [6, 6.07) is 6.14. The maximum Gasteiger partial charge on any atom is 0.110 e. The van der Waals surface area contributed by atoms with Crippen molar-refractivity contribution in [2.24, 2.45) is 0 Å². The Kier molecular flexibility index (Phi) is 4.51. The molecule has 0 fully saturated rings. The molecule has 1 rings (SSSR count). The summed E-state index contributed by atoms with van der Waals surface area (Å²) in [5.74, 6) is 0. The van der Waals surface area contributed by atoms with Gasteiger partial charge in [-0.25, -0.2) is 0 Å². The molecule has 0 bridgehead atoms. The normalized spacial score (nSPS) is 14.8. The predicted octanol–water partition coefficient (Wildman–Crippen LogP) is 2.94. The van der Waals surface area contributed by atoms with Gasteiger partial charge >= 0.3 is 0 Å². The second kappa shape index (κ2) is 5.46. The van der Waals surface area contributed by atoms with Crippen LogP contribution in [-0.4, -0.2) is 18.3 Å². The average molecular weight is 222 g/mol. The lowest BCUT2D eigenvalue weighted by atomic mass is 9.94. The van der Waals surface area contributed by atoms with Crippen LogP contribution in [0.3, 0.4) is 0 Å². The summed E-state index contributed by atoms with van der Waals surface area (Å²) in [5.41, 5.74) is 2.38. The lowest BCUT2D eigenvalue weighted by molar-refractivity contribution is -0.0375. The lowest BCUT2D eigenvalue weighted by Gasteiger charge is -2.24. The Labute approximate surface area is 98.3 Å². The molecule has 0 radical (unpaired) electrons. The molecule has 2 nitrogen and oxygen atoms in total. The quantitative estimate of drug-likeness (QED) is 0.776. The highest BCUT2D eigenvalue weighted by atomic mass is 16.5. The molecule has 1 unspecified atom stereocenters. The molecule has 0 heterocycles. The zero-order chi connectivity index (χ0) is 12.2. The van der Waals surface area contributed by atoms with Crippen LogP contribution < -0.4 is 0 Å². The van der Waals surface area contributed by atoms with Crippen molar-refractivity contribution in [2.75, 3.05) is 13.2 Å². The number of ether oxygens (including phenoxy) is 1. The summed E-state index contributed by atoms with van der Waals surface area (Å²) < 4.78 is 5.43. The Bertz CT molecular complexity index is 322. The molecule has 90 valence electrons. The van der Waals surface area contributed by atoms with Crippen molar-refractivity contribution >= 4 is 0 Å². The predicted molar refractivity (Wildman–Crippen MR) is 66.6 cm³/mol. The Balaban J connectivity index is 2.80. The molecule has 0 spiro atoms. The summed E-state index contributed by atoms with van der Waals surface area (Å²) >= 11 is 0. The van der Waals surface area contributed by atoms with Crippen molar-refractivity contribution in [2.45, 2.75) is 39.7 Å². The first-order chi connectivity index (χ1) is 7.45. The Hall–Kier alpha value is -0.860. The molecule has 1 N–H and O–H groups in total. The highest BCUT2D eigenvalue weighted by Gasteiger charge is 2.23. The van der Waals surface area contributed by atoms with Gasteiger partial charge in [0.1, 0.15) is 5.60 Å². The van der Waals surface area contributed by atoms with Crippen LogP contribution in [0.5, 0.6) is 0 Å². The minimum Gasteiger partial charge on any atom is -0.383 e. The zero-order valence-corrected chi connectivity index (χ0v) is 10.7. The number of aliphatic hydroxyl groups is 1. The van der Waals surface area contributed by atoms with E-state index in [1.807, 2.05) is 26.0 Å². The minimum absolute atomic E-state index is 0.351. The van der Waals surface area contributed by atoms with E-state index in [4.69, 9.17) is 4.74 Å². The van der Waals surface area contributed by atoms with Gasteiger partial charge in [-0.1, -0.05) is 36.2 Å². The third-order valence-electron chi connectivity index (χ3n) is 2.58. The fraction of sp³-hybridized carbons (Fsp3) is 0.571. The molecule has 0 aliphatic rings. The maximum atomic E-state index is 10.3. The standard InChI is InChI=1S/C14H22O2/c1-5-6-16-10-14(4,15)13-8-11(2)7-12(3)9-13/h7-9,15H,5-6,10H2,1-4H3. The van der Waals surface area contributed by atoms with Gasteiger partial charge in [-0.05, 0) is 32.8 Å². The molecule has 2 heteroatoms. The van der Waals surface area contributed by atoms with Gasteiger partial charge in [-0.3, -0.25) is 0 Å². The van der Waals surface area contributed by atoms with Crippen LogP contribution in [0.1, 0.15) is 37.0 Å². The fourth-order valence-corrected chi connectivity index (χ4v) is 1.78.